The fourth-order valence-corrected chi connectivity index (χ4v) is 4.29. The van der Waals surface area contributed by atoms with Crippen molar-refractivity contribution in [3.63, 3.8) is 0 Å². The number of hydrogen-bond donors (Lipinski definition) is 0. The van der Waals surface area contributed by atoms with Gasteiger partial charge in [-0.3, -0.25) is 14.5 Å². The highest BCUT2D eigenvalue weighted by Crippen LogP contribution is 2.54. The molecule has 2 aliphatic heterocycles. The lowest BCUT2D eigenvalue weighted by molar-refractivity contribution is -0.171. The summed E-state index contributed by atoms with van der Waals surface area (Å²) < 4.78 is 15.6. The fraction of sp³-hybridized carbons (Fsp3) is 0.500. The number of amides is 1. The highest BCUT2D eigenvalue weighted by molar-refractivity contribution is 6.11. The van der Waals surface area contributed by atoms with Crippen molar-refractivity contribution in [2.75, 3.05) is 14.2 Å². The molecule has 0 aromatic heterocycles. The Morgan fingerprint density at radius 1 is 1.21 bits per heavy atom. The second-order valence-corrected chi connectivity index (χ2v) is 7.25. The van der Waals surface area contributed by atoms with Crippen LogP contribution in [0.1, 0.15) is 25.8 Å². The molecule has 28 heavy (non-hydrogen) atoms. The Morgan fingerprint density at radius 2 is 1.86 bits per heavy atom. The van der Waals surface area contributed by atoms with Crippen LogP contribution in [0.15, 0.2) is 30.3 Å². The first-order valence-corrected chi connectivity index (χ1v) is 8.96. The van der Waals surface area contributed by atoms with Crippen molar-refractivity contribution in [1.82, 2.24) is 4.90 Å². The van der Waals surface area contributed by atoms with Gasteiger partial charge < -0.3 is 14.2 Å². The number of carbonyl (C=O) groups excluding carboxylic acids is 4. The number of fused-ring (bicyclic) bond motifs is 2. The molecule has 8 nitrogen and oxygen atoms in total. The average Bonchev–Trinajstić information content (AvgIpc) is 3.13. The van der Waals surface area contributed by atoms with E-state index in [9.17, 15) is 19.2 Å². The van der Waals surface area contributed by atoms with Gasteiger partial charge in [0, 0.05) is 12.8 Å². The molecular formula is C20H23NO7. The van der Waals surface area contributed by atoms with E-state index in [1.807, 2.05) is 30.3 Å². The highest BCUT2D eigenvalue weighted by atomic mass is 16.6. The monoisotopic (exact) mass is 389 g/mol. The Morgan fingerprint density at radius 3 is 2.39 bits per heavy atom. The zero-order valence-corrected chi connectivity index (χ0v) is 16.3. The molecular weight excluding hydrogens is 366 g/mol. The van der Waals surface area contributed by atoms with Crippen LogP contribution in [0.25, 0.3) is 0 Å². The number of hydrogen-bond acceptors (Lipinski definition) is 7. The van der Waals surface area contributed by atoms with Gasteiger partial charge >= 0.3 is 11.9 Å². The van der Waals surface area contributed by atoms with Gasteiger partial charge in [-0.2, -0.15) is 0 Å². The first-order valence-electron chi connectivity index (χ1n) is 8.96. The van der Waals surface area contributed by atoms with Crippen LogP contribution in [0.5, 0.6) is 0 Å². The molecule has 1 aromatic rings. The van der Waals surface area contributed by atoms with Crippen LogP contribution in [0.3, 0.4) is 0 Å². The minimum Gasteiger partial charge on any atom is -0.467 e. The standard InChI is InChI=1S/C20H23NO7/c1-12(22)14-11-20(18(25)27-4)17(24)21(19(14,2)28-20)15(16(23)26-3)10-13-8-6-5-7-9-13/h5-9,14-15H,10-11H2,1-4H3/t14-,15-,19+,20-/m0/s1. The van der Waals surface area contributed by atoms with Gasteiger partial charge in [0.25, 0.3) is 5.91 Å². The average molecular weight is 389 g/mol. The predicted molar refractivity (Wildman–Crippen MR) is 95.8 cm³/mol. The SMILES string of the molecule is COC(=O)[C@H](Cc1ccccc1)N1C(=O)[C@]2(C(=O)OC)C[C@@H](C(C)=O)[C@@]1(C)O2. The molecule has 0 spiro atoms. The summed E-state index contributed by atoms with van der Waals surface area (Å²) in [6.45, 7) is 2.92. The smallest absolute Gasteiger partial charge is 0.348 e. The number of Topliss-reactive ketones (excluding diaryl/α,β-unsaturated/α-hetero) is 1. The number of piperidine rings is 1. The van der Waals surface area contributed by atoms with Crippen molar-refractivity contribution in [2.45, 2.75) is 44.1 Å². The number of benzene rings is 1. The summed E-state index contributed by atoms with van der Waals surface area (Å²) in [5, 5.41) is 0. The predicted octanol–water partition coefficient (Wildman–Crippen LogP) is 0.866. The van der Waals surface area contributed by atoms with Crippen LogP contribution in [0.4, 0.5) is 0 Å². The van der Waals surface area contributed by atoms with Crippen molar-refractivity contribution in [3.8, 4) is 0 Å². The molecule has 0 radical (unpaired) electrons. The van der Waals surface area contributed by atoms with Crippen molar-refractivity contribution in [1.29, 1.82) is 0 Å². The summed E-state index contributed by atoms with van der Waals surface area (Å²) in [6, 6.07) is 8.04. The number of ketones is 1. The fourth-order valence-electron chi connectivity index (χ4n) is 4.29. The Balaban J connectivity index is 2.08. The van der Waals surface area contributed by atoms with Crippen LogP contribution in [0.2, 0.25) is 0 Å². The molecule has 2 aliphatic rings. The number of methoxy groups -OCH3 is 2. The van der Waals surface area contributed by atoms with E-state index in [2.05, 4.69) is 0 Å². The van der Waals surface area contributed by atoms with Gasteiger partial charge in [0.15, 0.2) is 5.72 Å². The van der Waals surface area contributed by atoms with Gasteiger partial charge in [-0.15, -0.1) is 0 Å². The quantitative estimate of drug-likeness (QED) is 0.526. The third kappa shape index (κ3) is 2.79. The van der Waals surface area contributed by atoms with Crippen molar-refractivity contribution in [3.05, 3.63) is 35.9 Å². The van der Waals surface area contributed by atoms with Gasteiger partial charge in [-0.1, -0.05) is 30.3 Å². The van der Waals surface area contributed by atoms with Crippen LogP contribution in [-0.2, 0) is 39.8 Å². The van der Waals surface area contributed by atoms with E-state index >= 15 is 0 Å². The molecule has 0 unspecified atom stereocenters. The van der Waals surface area contributed by atoms with Crippen molar-refractivity contribution < 1.29 is 33.4 Å². The molecule has 2 bridgehead atoms. The lowest BCUT2D eigenvalue weighted by Crippen LogP contribution is -2.62. The Bertz CT molecular complexity index is 823. The maximum Gasteiger partial charge on any atom is 0.348 e. The molecule has 150 valence electrons. The normalized spacial score (nSPS) is 29.5. The first kappa shape index (κ1) is 20.0. The summed E-state index contributed by atoms with van der Waals surface area (Å²) in [6.07, 6.45) is 0.0418. The van der Waals surface area contributed by atoms with Crippen LogP contribution in [-0.4, -0.2) is 60.1 Å². The summed E-state index contributed by atoms with van der Waals surface area (Å²) in [5.41, 5.74) is -2.59. The Labute approximate surface area is 162 Å². The molecule has 0 N–H and O–H groups in total. The number of esters is 2. The van der Waals surface area contributed by atoms with Crippen molar-refractivity contribution >= 4 is 23.6 Å². The molecule has 2 saturated heterocycles. The van der Waals surface area contributed by atoms with E-state index in [0.717, 1.165) is 12.7 Å². The topological polar surface area (TPSA) is 99.2 Å². The molecule has 1 aromatic carbocycles. The van der Waals surface area contributed by atoms with E-state index in [-0.39, 0.29) is 18.6 Å². The molecule has 2 fully saturated rings. The van der Waals surface area contributed by atoms with E-state index in [1.165, 1.54) is 18.9 Å². The first-order chi connectivity index (χ1) is 13.2. The van der Waals surface area contributed by atoms with Crippen LogP contribution < -0.4 is 0 Å². The maximum atomic E-state index is 13.3. The maximum absolute atomic E-state index is 13.3. The zero-order valence-electron chi connectivity index (χ0n) is 16.3. The number of ether oxygens (including phenoxy) is 3. The number of nitrogens with zero attached hydrogens (tertiary/aromatic N) is 1. The Kier molecular flexibility index (Phi) is 5.01. The Hall–Kier alpha value is -2.74. The van der Waals surface area contributed by atoms with Gasteiger partial charge in [0.05, 0.1) is 20.1 Å². The number of likely N-dealkylation sites (tertiary alicyclic amines) is 1. The minimum absolute atomic E-state index is 0.111. The number of rotatable bonds is 6. The molecule has 0 aliphatic carbocycles. The van der Waals surface area contributed by atoms with E-state index < -0.39 is 41.1 Å². The van der Waals surface area contributed by atoms with E-state index in [0.29, 0.717) is 0 Å². The van der Waals surface area contributed by atoms with Gasteiger partial charge in [-0.05, 0) is 19.4 Å². The summed E-state index contributed by atoms with van der Waals surface area (Å²) in [7, 11) is 2.37. The second-order valence-electron chi connectivity index (χ2n) is 7.25. The minimum atomic E-state index is -1.93. The summed E-state index contributed by atoms with van der Waals surface area (Å²) in [5.74, 6) is -3.23. The van der Waals surface area contributed by atoms with Crippen molar-refractivity contribution in [2.24, 2.45) is 5.92 Å². The summed E-state index contributed by atoms with van der Waals surface area (Å²) in [4.78, 5) is 51.8. The highest BCUT2D eigenvalue weighted by Gasteiger charge is 2.75. The van der Waals surface area contributed by atoms with E-state index in [1.54, 1.807) is 6.92 Å². The lowest BCUT2D eigenvalue weighted by Gasteiger charge is -2.41. The molecule has 1 amide bonds. The summed E-state index contributed by atoms with van der Waals surface area (Å²) >= 11 is 0. The van der Waals surface area contributed by atoms with Gasteiger partial charge in [0.1, 0.15) is 11.8 Å². The lowest BCUT2D eigenvalue weighted by atomic mass is 9.79. The molecule has 0 saturated carbocycles. The second kappa shape index (κ2) is 7.01. The van der Waals surface area contributed by atoms with Crippen LogP contribution >= 0.6 is 0 Å². The van der Waals surface area contributed by atoms with Crippen LogP contribution in [0, 0.1) is 5.92 Å². The van der Waals surface area contributed by atoms with Gasteiger partial charge in [0.2, 0.25) is 5.60 Å². The molecule has 3 rings (SSSR count). The largest absolute Gasteiger partial charge is 0.467 e. The molecule has 8 heteroatoms. The third-order valence-corrected chi connectivity index (χ3v) is 5.62. The molecule has 2 heterocycles. The van der Waals surface area contributed by atoms with Gasteiger partial charge in [-0.25, -0.2) is 9.59 Å². The van der Waals surface area contributed by atoms with E-state index in [4.69, 9.17) is 14.2 Å². The zero-order chi connectivity index (χ0) is 20.7. The third-order valence-electron chi connectivity index (χ3n) is 5.62. The molecule has 4 atom stereocenters. The number of carbonyl (C=O) groups is 4.